The van der Waals surface area contributed by atoms with E-state index in [1.54, 1.807) is 17.0 Å². The lowest BCUT2D eigenvalue weighted by atomic mass is 10.1. The summed E-state index contributed by atoms with van der Waals surface area (Å²) in [5.41, 5.74) is 1.62. The lowest BCUT2D eigenvalue weighted by molar-refractivity contribution is -0.133. The van der Waals surface area contributed by atoms with Crippen LogP contribution in [0.3, 0.4) is 0 Å². The van der Waals surface area contributed by atoms with E-state index in [1.165, 1.54) is 10.4 Å². The molecule has 0 spiro atoms. The van der Waals surface area contributed by atoms with E-state index >= 15 is 0 Å². The smallest absolute Gasteiger partial charge is 0.340 e. The van der Waals surface area contributed by atoms with Gasteiger partial charge in [0.25, 0.3) is 5.91 Å². The van der Waals surface area contributed by atoms with Crippen molar-refractivity contribution >= 4 is 27.6 Å². The maximum absolute atomic E-state index is 13.2. The Hall–Kier alpha value is -2.43. The van der Waals surface area contributed by atoms with Crippen LogP contribution in [0, 0.1) is 0 Å². The average molecular weight is 494 g/mol. The number of benzene rings is 1. The number of ether oxygens (including phenoxy) is 2. The van der Waals surface area contributed by atoms with Crippen molar-refractivity contribution in [2.75, 3.05) is 64.0 Å². The SMILES string of the molecule is C=C(C)CN(CC)C(=O)COC(=O)c1cc(S(=O)(=O)N2CCOCC2)ccc1N1CCCCC1. The summed E-state index contributed by atoms with van der Waals surface area (Å²) in [4.78, 5) is 29.3. The number of amides is 1. The van der Waals surface area contributed by atoms with E-state index in [4.69, 9.17) is 9.47 Å². The number of sulfonamides is 1. The Morgan fingerprint density at radius 3 is 2.41 bits per heavy atom. The molecule has 10 heteroatoms. The number of hydrogen-bond donors (Lipinski definition) is 0. The molecule has 2 aliphatic heterocycles. The van der Waals surface area contributed by atoms with Gasteiger partial charge in [0, 0.05) is 39.3 Å². The number of carbonyl (C=O) groups excluding carboxylic acids is 2. The van der Waals surface area contributed by atoms with Crippen LogP contribution in [0.1, 0.15) is 43.5 Å². The topological polar surface area (TPSA) is 96.5 Å². The minimum atomic E-state index is -3.79. The molecule has 2 saturated heterocycles. The summed E-state index contributed by atoms with van der Waals surface area (Å²) in [5, 5.41) is 0. The van der Waals surface area contributed by atoms with Gasteiger partial charge in [-0.1, -0.05) is 12.2 Å². The van der Waals surface area contributed by atoms with Gasteiger partial charge in [0.05, 0.1) is 29.4 Å². The van der Waals surface area contributed by atoms with Crippen molar-refractivity contribution in [1.82, 2.24) is 9.21 Å². The quantitative estimate of drug-likeness (QED) is 0.385. The first-order valence-electron chi connectivity index (χ1n) is 11.8. The summed E-state index contributed by atoms with van der Waals surface area (Å²) in [6, 6.07) is 4.60. The van der Waals surface area contributed by atoms with Crippen LogP contribution in [-0.2, 0) is 24.3 Å². The Kier molecular flexibility index (Phi) is 9.10. The zero-order valence-electron chi connectivity index (χ0n) is 20.1. The molecule has 188 valence electrons. The van der Waals surface area contributed by atoms with E-state index in [0.29, 0.717) is 32.0 Å². The van der Waals surface area contributed by atoms with Crippen molar-refractivity contribution in [3.63, 3.8) is 0 Å². The van der Waals surface area contributed by atoms with Crippen molar-refractivity contribution in [3.8, 4) is 0 Å². The van der Waals surface area contributed by atoms with Crippen molar-refractivity contribution in [1.29, 1.82) is 0 Å². The van der Waals surface area contributed by atoms with Gasteiger partial charge in [0.15, 0.2) is 6.61 Å². The third kappa shape index (κ3) is 6.37. The summed E-state index contributed by atoms with van der Waals surface area (Å²) in [5.74, 6) is -1.03. The van der Waals surface area contributed by atoms with Gasteiger partial charge in [0.1, 0.15) is 0 Å². The second-order valence-corrected chi connectivity index (χ2v) is 10.6. The fourth-order valence-electron chi connectivity index (χ4n) is 4.18. The summed E-state index contributed by atoms with van der Waals surface area (Å²) < 4.78 is 38.4. The lowest BCUT2D eigenvalue weighted by Gasteiger charge is -2.31. The molecule has 2 aliphatic rings. The van der Waals surface area contributed by atoms with Gasteiger partial charge in [-0.15, -0.1) is 0 Å². The van der Waals surface area contributed by atoms with Crippen LogP contribution in [0.5, 0.6) is 0 Å². The van der Waals surface area contributed by atoms with E-state index in [2.05, 4.69) is 11.5 Å². The van der Waals surface area contributed by atoms with Gasteiger partial charge in [-0.3, -0.25) is 4.79 Å². The van der Waals surface area contributed by atoms with Crippen LogP contribution in [-0.4, -0.2) is 88.6 Å². The van der Waals surface area contributed by atoms with Crippen molar-refractivity contribution in [3.05, 3.63) is 35.9 Å². The van der Waals surface area contributed by atoms with Crippen LogP contribution in [0.25, 0.3) is 0 Å². The molecule has 2 fully saturated rings. The first kappa shape index (κ1) is 26.2. The number of nitrogens with zero attached hydrogens (tertiary/aromatic N) is 3. The predicted octanol–water partition coefficient (Wildman–Crippen LogP) is 2.28. The fourth-order valence-corrected chi connectivity index (χ4v) is 5.62. The van der Waals surface area contributed by atoms with Gasteiger partial charge in [-0.25, -0.2) is 13.2 Å². The molecule has 0 unspecified atom stereocenters. The number of rotatable bonds is 9. The average Bonchev–Trinajstić information content (AvgIpc) is 2.86. The molecule has 0 radical (unpaired) electrons. The molecular weight excluding hydrogens is 458 g/mol. The van der Waals surface area contributed by atoms with Crippen molar-refractivity contribution in [2.24, 2.45) is 0 Å². The van der Waals surface area contributed by atoms with E-state index in [0.717, 1.165) is 37.9 Å². The van der Waals surface area contributed by atoms with Crippen LogP contribution in [0.15, 0.2) is 35.2 Å². The Morgan fingerprint density at radius 1 is 1.12 bits per heavy atom. The standard InChI is InChI=1S/C24H35N3O6S/c1-4-25(17-19(2)3)23(28)18-33-24(29)21-16-20(34(30,31)27-12-14-32-15-13-27)8-9-22(21)26-10-6-5-7-11-26/h8-9,16H,2,4-7,10-15,17-18H2,1,3H3. The Labute approximate surface area is 202 Å². The monoisotopic (exact) mass is 493 g/mol. The predicted molar refractivity (Wildman–Crippen MR) is 129 cm³/mol. The van der Waals surface area contributed by atoms with Crippen LogP contribution < -0.4 is 4.90 Å². The van der Waals surface area contributed by atoms with Gasteiger partial charge in [-0.05, 0) is 51.3 Å². The highest BCUT2D eigenvalue weighted by molar-refractivity contribution is 7.89. The van der Waals surface area contributed by atoms with Crippen LogP contribution in [0.4, 0.5) is 5.69 Å². The molecule has 0 bridgehead atoms. The fraction of sp³-hybridized carbons (Fsp3) is 0.583. The first-order chi connectivity index (χ1) is 16.2. The minimum Gasteiger partial charge on any atom is -0.452 e. The first-order valence-corrected chi connectivity index (χ1v) is 13.2. The molecule has 1 amide bonds. The molecule has 0 aromatic heterocycles. The molecule has 0 saturated carbocycles. The van der Waals surface area contributed by atoms with E-state index in [-0.39, 0.29) is 29.5 Å². The number of morpholine rings is 1. The molecule has 3 rings (SSSR count). The lowest BCUT2D eigenvalue weighted by Crippen LogP contribution is -2.40. The number of hydrogen-bond acceptors (Lipinski definition) is 7. The van der Waals surface area contributed by atoms with Gasteiger partial charge in [0.2, 0.25) is 10.0 Å². The second-order valence-electron chi connectivity index (χ2n) is 8.68. The van der Waals surface area contributed by atoms with Gasteiger partial charge < -0.3 is 19.3 Å². The number of esters is 1. The zero-order valence-corrected chi connectivity index (χ0v) is 20.9. The molecule has 0 aliphatic carbocycles. The number of likely N-dealkylation sites (N-methyl/N-ethyl adjacent to an activating group) is 1. The molecule has 1 aromatic carbocycles. The van der Waals surface area contributed by atoms with Crippen LogP contribution >= 0.6 is 0 Å². The maximum atomic E-state index is 13.2. The third-order valence-electron chi connectivity index (χ3n) is 6.01. The van der Waals surface area contributed by atoms with Gasteiger partial charge >= 0.3 is 5.97 Å². The molecule has 1 aromatic rings. The molecule has 9 nitrogen and oxygen atoms in total. The third-order valence-corrected chi connectivity index (χ3v) is 7.91. The molecule has 34 heavy (non-hydrogen) atoms. The van der Waals surface area contributed by atoms with E-state index < -0.39 is 22.6 Å². The zero-order chi connectivity index (χ0) is 24.7. The normalized spacial score (nSPS) is 17.3. The van der Waals surface area contributed by atoms with Gasteiger partial charge in [-0.2, -0.15) is 4.31 Å². The highest BCUT2D eigenvalue weighted by Gasteiger charge is 2.29. The van der Waals surface area contributed by atoms with Crippen molar-refractivity contribution in [2.45, 2.75) is 38.0 Å². The highest BCUT2D eigenvalue weighted by Crippen LogP contribution is 2.29. The summed E-state index contributed by atoms with van der Waals surface area (Å²) in [6.45, 7) is 10.7. The molecule has 2 heterocycles. The number of carbonyl (C=O) groups is 2. The molecule has 0 atom stereocenters. The Morgan fingerprint density at radius 2 is 1.79 bits per heavy atom. The summed E-state index contributed by atoms with van der Waals surface area (Å²) >= 11 is 0. The molecule has 0 N–H and O–H groups in total. The Balaban J connectivity index is 1.86. The number of anilines is 1. The highest BCUT2D eigenvalue weighted by atomic mass is 32.2. The largest absolute Gasteiger partial charge is 0.452 e. The molecular formula is C24H35N3O6S. The maximum Gasteiger partial charge on any atom is 0.340 e. The van der Waals surface area contributed by atoms with E-state index in [9.17, 15) is 18.0 Å². The number of piperidine rings is 1. The van der Waals surface area contributed by atoms with Crippen LogP contribution in [0.2, 0.25) is 0 Å². The minimum absolute atomic E-state index is 0.0332. The summed E-state index contributed by atoms with van der Waals surface area (Å²) in [6.07, 6.45) is 3.10. The Bertz CT molecular complexity index is 998. The van der Waals surface area contributed by atoms with Crippen molar-refractivity contribution < 1.29 is 27.5 Å². The second kappa shape index (κ2) is 11.8. The summed E-state index contributed by atoms with van der Waals surface area (Å²) in [7, 11) is -3.79. The van der Waals surface area contributed by atoms with E-state index in [1.807, 2.05) is 13.8 Å².